The zero-order valence-corrected chi connectivity index (χ0v) is 18.8. The van der Waals surface area contributed by atoms with Gasteiger partial charge in [-0.1, -0.05) is 29.3 Å². The Morgan fingerprint density at radius 3 is 2.25 bits per heavy atom. The number of rotatable bonds is 5. The molecule has 0 radical (unpaired) electrons. The van der Waals surface area contributed by atoms with Gasteiger partial charge in [-0.25, -0.2) is 4.79 Å². The molecule has 0 atom stereocenters. The molecule has 0 spiro atoms. The average Bonchev–Trinajstić information content (AvgIpc) is 2.74. The van der Waals surface area contributed by atoms with Gasteiger partial charge in [0, 0.05) is 15.6 Å². The highest BCUT2D eigenvalue weighted by Crippen LogP contribution is 2.32. The second kappa shape index (κ2) is 9.07. The number of halogens is 2. The summed E-state index contributed by atoms with van der Waals surface area (Å²) in [6, 6.07) is 16.9. The van der Waals surface area contributed by atoms with Gasteiger partial charge in [0.1, 0.15) is 11.3 Å². The summed E-state index contributed by atoms with van der Waals surface area (Å²) in [5, 5.41) is 1.08. The van der Waals surface area contributed by atoms with Crippen molar-refractivity contribution in [1.82, 2.24) is 0 Å². The van der Waals surface area contributed by atoms with E-state index in [2.05, 4.69) is 0 Å². The number of ether oxygens (including phenoxy) is 2. The van der Waals surface area contributed by atoms with E-state index < -0.39 is 11.4 Å². The van der Waals surface area contributed by atoms with Crippen molar-refractivity contribution in [3.8, 4) is 22.8 Å². The highest BCUT2D eigenvalue weighted by molar-refractivity contribution is 6.31. The van der Waals surface area contributed by atoms with Gasteiger partial charge in [-0.2, -0.15) is 0 Å². The molecule has 0 fully saturated rings. The summed E-state index contributed by atoms with van der Waals surface area (Å²) < 4.78 is 16.9. The number of hydrogen-bond donors (Lipinski definition) is 0. The molecule has 5 nitrogen and oxygen atoms in total. The van der Waals surface area contributed by atoms with E-state index in [9.17, 15) is 9.59 Å². The van der Waals surface area contributed by atoms with E-state index in [-0.39, 0.29) is 23.5 Å². The molecule has 4 aromatic rings. The van der Waals surface area contributed by atoms with Crippen LogP contribution in [-0.4, -0.2) is 12.6 Å². The Morgan fingerprint density at radius 2 is 1.56 bits per heavy atom. The molecule has 4 rings (SSSR count). The van der Waals surface area contributed by atoms with Gasteiger partial charge in [0.25, 0.3) is 0 Å². The first kappa shape index (κ1) is 21.9. The van der Waals surface area contributed by atoms with Gasteiger partial charge >= 0.3 is 5.97 Å². The molecule has 3 aromatic carbocycles. The van der Waals surface area contributed by atoms with Gasteiger partial charge in [-0.15, -0.1) is 0 Å². The van der Waals surface area contributed by atoms with Crippen LogP contribution in [0.2, 0.25) is 10.0 Å². The third-order valence-corrected chi connectivity index (χ3v) is 5.17. The standard InChI is InChI=1S/C25H18Cl2O5/c1-14-9-15(2)11-19(10-14)30-13-22(28)32-25-23(29)20-12-18(27)7-8-21(20)31-24(25)16-3-5-17(26)6-4-16/h3-12H,13H2,1-2H3. The molecular weight excluding hydrogens is 451 g/mol. The predicted octanol–water partition coefficient (Wildman–Crippen LogP) is 6.37. The van der Waals surface area contributed by atoms with Crippen molar-refractivity contribution in [3.63, 3.8) is 0 Å². The zero-order chi connectivity index (χ0) is 22.8. The van der Waals surface area contributed by atoms with Gasteiger partial charge in [-0.05, 0) is 79.6 Å². The molecule has 0 saturated heterocycles. The van der Waals surface area contributed by atoms with E-state index in [1.54, 1.807) is 36.4 Å². The summed E-state index contributed by atoms with van der Waals surface area (Å²) in [7, 11) is 0. The van der Waals surface area contributed by atoms with Crippen LogP contribution in [0.15, 0.2) is 69.9 Å². The Kier molecular flexibility index (Phi) is 6.21. The van der Waals surface area contributed by atoms with Crippen LogP contribution in [0.3, 0.4) is 0 Å². The topological polar surface area (TPSA) is 65.7 Å². The highest BCUT2D eigenvalue weighted by Gasteiger charge is 2.21. The first-order chi connectivity index (χ1) is 15.3. The fraction of sp³-hybridized carbons (Fsp3) is 0.120. The minimum atomic E-state index is -0.743. The molecule has 7 heteroatoms. The minimum Gasteiger partial charge on any atom is -0.482 e. The van der Waals surface area contributed by atoms with Crippen LogP contribution in [0.25, 0.3) is 22.3 Å². The second-order valence-electron chi connectivity index (χ2n) is 7.32. The number of hydrogen-bond acceptors (Lipinski definition) is 5. The monoisotopic (exact) mass is 468 g/mol. The first-order valence-electron chi connectivity index (χ1n) is 9.74. The summed E-state index contributed by atoms with van der Waals surface area (Å²) in [5.74, 6) is -0.333. The lowest BCUT2D eigenvalue weighted by Crippen LogP contribution is -2.21. The van der Waals surface area contributed by atoms with Crippen molar-refractivity contribution in [2.45, 2.75) is 13.8 Å². The Morgan fingerprint density at radius 1 is 0.906 bits per heavy atom. The van der Waals surface area contributed by atoms with Crippen LogP contribution in [-0.2, 0) is 4.79 Å². The fourth-order valence-corrected chi connectivity index (χ4v) is 3.63. The van der Waals surface area contributed by atoms with Gasteiger partial charge in [0.15, 0.2) is 12.4 Å². The molecule has 0 aliphatic heterocycles. The van der Waals surface area contributed by atoms with E-state index in [1.807, 2.05) is 32.0 Å². The fourth-order valence-electron chi connectivity index (χ4n) is 3.34. The molecule has 1 heterocycles. The van der Waals surface area contributed by atoms with Crippen LogP contribution >= 0.6 is 23.2 Å². The number of aryl methyl sites for hydroxylation is 2. The summed E-state index contributed by atoms with van der Waals surface area (Å²) in [6.45, 7) is 3.49. The maximum absolute atomic E-state index is 13.2. The molecule has 0 saturated carbocycles. The second-order valence-corrected chi connectivity index (χ2v) is 8.20. The van der Waals surface area contributed by atoms with Crippen molar-refractivity contribution in [1.29, 1.82) is 0 Å². The Hall–Kier alpha value is -3.28. The molecule has 0 aliphatic carbocycles. The predicted molar refractivity (Wildman–Crippen MR) is 125 cm³/mol. The largest absolute Gasteiger partial charge is 0.482 e. The average molecular weight is 469 g/mol. The van der Waals surface area contributed by atoms with Gasteiger partial charge in [0.05, 0.1) is 5.39 Å². The van der Waals surface area contributed by atoms with Gasteiger partial charge in [0.2, 0.25) is 11.2 Å². The van der Waals surface area contributed by atoms with E-state index in [4.69, 9.17) is 37.1 Å². The van der Waals surface area contributed by atoms with E-state index in [1.165, 1.54) is 6.07 Å². The third kappa shape index (κ3) is 4.79. The molecule has 0 amide bonds. The van der Waals surface area contributed by atoms with Crippen LogP contribution in [0, 0.1) is 13.8 Å². The maximum atomic E-state index is 13.2. The van der Waals surface area contributed by atoms with Crippen LogP contribution < -0.4 is 14.9 Å². The Balaban J connectivity index is 1.70. The van der Waals surface area contributed by atoms with Crippen molar-refractivity contribution in [2.75, 3.05) is 6.61 Å². The number of fused-ring (bicyclic) bond motifs is 1. The van der Waals surface area contributed by atoms with Crippen molar-refractivity contribution in [2.24, 2.45) is 0 Å². The molecule has 162 valence electrons. The molecule has 0 bridgehead atoms. The number of carbonyl (C=O) groups excluding carboxylic acids is 1. The quantitative estimate of drug-likeness (QED) is 0.318. The summed E-state index contributed by atoms with van der Waals surface area (Å²) >= 11 is 12.0. The molecule has 0 aliphatic rings. The first-order valence-corrected chi connectivity index (χ1v) is 10.5. The number of carbonyl (C=O) groups is 1. The molecule has 1 aromatic heterocycles. The summed E-state index contributed by atoms with van der Waals surface area (Å²) in [4.78, 5) is 25.8. The maximum Gasteiger partial charge on any atom is 0.349 e. The van der Waals surface area contributed by atoms with Crippen molar-refractivity contribution in [3.05, 3.63) is 92.1 Å². The van der Waals surface area contributed by atoms with E-state index in [0.717, 1.165) is 11.1 Å². The Labute approximate surface area is 194 Å². The van der Waals surface area contributed by atoms with E-state index >= 15 is 0 Å². The van der Waals surface area contributed by atoms with Crippen molar-refractivity contribution < 1.29 is 18.7 Å². The van der Waals surface area contributed by atoms with Crippen LogP contribution in [0.4, 0.5) is 0 Å². The SMILES string of the molecule is Cc1cc(C)cc(OCC(=O)Oc2c(-c3ccc(Cl)cc3)oc3ccc(Cl)cc3c2=O)c1. The highest BCUT2D eigenvalue weighted by atomic mass is 35.5. The molecule has 32 heavy (non-hydrogen) atoms. The summed E-state index contributed by atoms with van der Waals surface area (Å²) in [6.07, 6.45) is 0. The smallest absolute Gasteiger partial charge is 0.349 e. The van der Waals surface area contributed by atoms with Gasteiger partial charge < -0.3 is 13.9 Å². The summed E-state index contributed by atoms with van der Waals surface area (Å²) in [5.41, 5.74) is 2.34. The number of esters is 1. The lowest BCUT2D eigenvalue weighted by molar-refractivity contribution is -0.136. The molecular formula is C25H18Cl2O5. The Bertz CT molecular complexity index is 1350. The van der Waals surface area contributed by atoms with Crippen molar-refractivity contribution >= 4 is 40.1 Å². The van der Waals surface area contributed by atoms with Crippen LogP contribution in [0.5, 0.6) is 11.5 Å². The van der Waals surface area contributed by atoms with Crippen LogP contribution in [0.1, 0.15) is 11.1 Å². The lowest BCUT2D eigenvalue weighted by Gasteiger charge is -2.12. The zero-order valence-electron chi connectivity index (χ0n) is 17.3. The number of benzene rings is 3. The molecule has 0 N–H and O–H groups in total. The van der Waals surface area contributed by atoms with Gasteiger partial charge in [-0.3, -0.25) is 4.79 Å². The lowest BCUT2D eigenvalue weighted by atomic mass is 10.1. The third-order valence-electron chi connectivity index (χ3n) is 4.68. The van der Waals surface area contributed by atoms with E-state index in [0.29, 0.717) is 26.9 Å². The normalized spacial score (nSPS) is 10.9. The minimum absolute atomic E-state index is 0.112. The molecule has 0 unspecified atom stereocenters.